The number of likely N-dealkylation sites (N-methyl/N-ethyl adjacent to an activating group) is 1. The average Bonchev–Trinajstić information content (AvgIpc) is 2.97. The number of hydrogen-bond acceptors (Lipinski definition) is 7. The Labute approximate surface area is 277 Å². The number of ether oxygens (including phenoxy) is 1. The van der Waals surface area contributed by atoms with Gasteiger partial charge in [-0.05, 0) is 98.8 Å². The van der Waals surface area contributed by atoms with Gasteiger partial charge in [0.25, 0.3) is 5.56 Å². The maximum absolute atomic E-state index is 14.0. The highest BCUT2D eigenvalue weighted by Gasteiger charge is 2.36. The fourth-order valence-electron chi connectivity index (χ4n) is 5.51. The Kier molecular flexibility index (Phi) is 12.4. The smallest absolute Gasteiger partial charge is 0.416 e. The first-order valence-corrected chi connectivity index (χ1v) is 15.4. The summed E-state index contributed by atoms with van der Waals surface area (Å²) in [5, 5.41) is 12.3. The van der Waals surface area contributed by atoms with Gasteiger partial charge in [-0.3, -0.25) is 14.4 Å². The molecule has 0 radical (unpaired) electrons. The molecule has 0 aliphatic carbocycles. The lowest BCUT2D eigenvalue weighted by Gasteiger charge is -2.26. The molecule has 1 amide bonds. The highest BCUT2D eigenvalue weighted by molar-refractivity contribution is 6.29. The maximum Gasteiger partial charge on any atom is 0.416 e. The first kappa shape index (κ1) is 37.2. The van der Waals surface area contributed by atoms with Crippen LogP contribution in [-0.2, 0) is 26.9 Å². The molecular weight excluding hydrogens is 635 g/mol. The van der Waals surface area contributed by atoms with Gasteiger partial charge in [0.1, 0.15) is 11.2 Å². The number of nitrogens with zero attached hydrogens (tertiary/aromatic N) is 4. The predicted molar refractivity (Wildman–Crippen MR) is 173 cm³/mol. The number of aryl methyl sites for hydroxylation is 2. The zero-order chi connectivity index (χ0) is 35.2. The third-order valence-corrected chi connectivity index (χ3v) is 7.86. The molecule has 1 aromatic carbocycles. The summed E-state index contributed by atoms with van der Waals surface area (Å²) in [6.45, 7) is 7.61. The number of hydrogen-bond donors (Lipinski definition) is 1. The van der Waals surface area contributed by atoms with E-state index >= 15 is 0 Å². The zero-order valence-corrected chi connectivity index (χ0v) is 28.2. The lowest BCUT2D eigenvalue weighted by atomic mass is 9.93. The fraction of sp³-hybridized carbons (Fsp3) is 0.441. The number of pyridine rings is 2. The number of nitrogens with one attached hydrogen (secondary N) is 1. The lowest BCUT2D eigenvalue weighted by Crippen LogP contribution is -2.41. The number of aromatic nitrogens is 2. The molecule has 252 valence electrons. The molecule has 0 aliphatic rings. The van der Waals surface area contributed by atoms with E-state index in [1.807, 2.05) is 27.7 Å². The number of amides is 1. The normalized spacial score (nSPS) is 12.9. The predicted octanol–water partition coefficient (Wildman–Crippen LogP) is 6.18. The minimum Gasteiger partial charge on any atom is -0.469 e. The maximum atomic E-state index is 14.0. The van der Waals surface area contributed by atoms with E-state index in [1.54, 1.807) is 43.3 Å². The van der Waals surface area contributed by atoms with E-state index in [9.17, 15) is 32.8 Å². The Morgan fingerprint density at radius 1 is 1.13 bits per heavy atom. The Morgan fingerprint density at radius 2 is 1.77 bits per heavy atom. The molecule has 0 saturated heterocycles. The molecule has 1 unspecified atom stereocenters. The van der Waals surface area contributed by atoms with Crippen LogP contribution in [0, 0.1) is 31.1 Å². The van der Waals surface area contributed by atoms with Gasteiger partial charge < -0.3 is 19.5 Å². The van der Waals surface area contributed by atoms with Crippen LogP contribution in [0.25, 0.3) is 11.1 Å². The first-order valence-electron chi connectivity index (χ1n) is 15.0. The van der Waals surface area contributed by atoms with Gasteiger partial charge in [-0.1, -0.05) is 25.4 Å². The van der Waals surface area contributed by atoms with Crippen LogP contribution in [0.1, 0.15) is 72.3 Å². The molecular formula is C34H39ClF3N5O4. The molecule has 0 saturated carbocycles. The molecule has 9 nitrogen and oxygen atoms in total. The topological polar surface area (TPSA) is 117 Å². The van der Waals surface area contributed by atoms with E-state index in [4.69, 9.17) is 16.3 Å². The fourth-order valence-corrected chi connectivity index (χ4v) is 5.72. The molecule has 0 fully saturated rings. The highest BCUT2D eigenvalue weighted by atomic mass is 35.5. The SMILES string of the molecule is COC(=O)C[C@H](NC(=O)C(CC(C)C)n1cc(CCN(C)C)c(C(F)(F)F)cc1=O)c1cc(-c2c(C)cc(C#N)cc2C)cc(Cl)n1. The quantitative estimate of drug-likeness (QED) is 0.180. The molecule has 13 heteroatoms. The summed E-state index contributed by atoms with van der Waals surface area (Å²) in [6.07, 6.45) is -3.88. The standard InChI is InChI=1S/C34H39ClF3N5O4/c1-19(2)10-28(43-18-23(8-9-42(5)6)25(15-30(43)44)34(36,37)38)33(46)41-27(16-31(45)47-7)26-13-24(14-29(35)40-26)32-20(3)11-22(17-39)12-21(32)4/h11-15,18-19,27-28H,8-10,16H2,1-7H3,(H,41,46)/t27-,28?/m0/s1. The van der Waals surface area contributed by atoms with Crippen LogP contribution in [0.4, 0.5) is 13.2 Å². The Hall–Kier alpha value is -4.21. The second-order valence-corrected chi connectivity index (χ2v) is 12.6. The number of methoxy groups -OCH3 is 1. The van der Waals surface area contributed by atoms with Crippen molar-refractivity contribution in [3.63, 3.8) is 0 Å². The molecule has 0 bridgehead atoms. The Bertz CT molecular complexity index is 1710. The number of esters is 1. The van der Waals surface area contributed by atoms with Crippen molar-refractivity contribution in [3.05, 3.63) is 85.5 Å². The molecule has 3 aromatic rings. The minimum absolute atomic E-state index is 0.00744. The number of halogens is 4. The summed E-state index contributed by atoms with van der Waals surface area (Å²) in [5.74, 6) is -1.49. The average molecular weight is 674 g/mol. The number of benzene rings is 1. The van der Waals surface area contributed by atoms with E-state index in [1.165, 1.54) is 7.11 Å². The summed E-state index contributed by atoms with van der Waals surface area (Å²) in [5.41, 5.74) is 1.59. The monoisotopic (exact) mass is 673 g/mol. The molecule has 2 heterocycles. The van der Waals surface area contributed by atoms with Crippen molar-refractivity contribution in [1.82, 2.24) is 19.8 Å². The second-order valence-electron chi connectivity index (χ2n) is 12.2. The summed E-state index contributed by atoms with van der Waals surface area (Å²) < 4.78 is 47.7. The van der Waals surface area contributed by atoms with Crippen molar-refractivity contribution in [2.45, 2.75) is 65.2 Å². The van der Waals surface area contributed by atoms with Crippen LogP contribution < -0.4 is 10.9 Å². The second kappa shape index (κ2) is 15.6. The highest BCUT2D eigenvalue weighted by Crippen LogP contribution is 2.34. The molecule has 2 aromatic heterocycles. The van der Waals surface area contributed by atoms with Crippen molar-refractivity contribution < 1.29 is 27.5 Å². The number of carbonyl (C=O) groups excluding carboxylic acids is 2. The van der Waals surface area contributed by atoms with E-state index < -0.39 is 41.3 Å². The summed E-state index contributed by atoms with van der Waals surface area (Å²) >= 11 is 6.45. The first-order chi connectivity index (χ1) is 21.9. The van der Waals surface area contributed by atoms with E-state index in [0.717, 1.165) is 27.5 Å². The number of nitriles is 1. The van der Waals surface area contributed by atoms with Crippen molar-refractivity contribution in [1.29, 1.82) is 5.26 Å². The van der Waals surface area contributed by atoms with Gasteiger partial charge in [0.2, 0.25) is 5.91 Å². The lowest BCUT2D eigenvalue weighted by molar-refractivity contribution is -0.141. The molecule has 0 aliphatic heterocycles. The van der Waals surface area contributed by atoms with E-state index in [-0.39, 0.29) is 48.1 Å². The van der Waals surface area contributed by atoms with Crippen LogP contribution in [0.2, 0.25) is 5.15 Å². The van der Waals surface area contributed by atoms with E-state index in [2.05, 4.69) is 16.4 Å². The summed E-state index contributed by atoms with van der Waals surface area (Å²) in [7, 11) is 4.64. The zero-order valence-electron chi connectivity index (χ0n) is 27.5. The molecule has 47 heavy (non-hydrogen) atoms. The number of rotatable bonds is 12. The molecule has 0 spiro atoms. The van der Waals surface area contributed by atoms with Gasteiger partial charge in [-0.15, -0.1) is 0 Å². The van der Waals surface area contributed by atoms with Crippen LogP contribution in [0.5, 0.6) is 0 Å². The minimum atomic E-state index is -4.76. The van der Waals surface area contributed by atoms with Crippen LogP contribution in [0.15, 0.2) is 41.3 Å². The summed E-state index contributed by atoms with van der Waals surface area (Å²) in [4.78, 5) is 45.9. The van der Waals surface area contributed by atoms with Crippen molar-refractivity contribution >= 4 is 23.5 Å². The Balaban J connectivity index is 2.13. The van der Waals surface area contributed by atoms with Gasteiger partial charge in [0.05, 0.1) is 42.5 Å². The number of alkyl halides is 3. The van der Waals surface area contributed by atoms with E-state index in [0.29, 0.717) is 17.2 Å². The largest absolute Gasteiger partial charge is 0.469 e. The molecule has 2 atom stereocenters. The van der Waals surface area contributed by atoms with Crippen molar-refractivity contribution in [3.8, 4) is 17.2 Å². The van der Waals surface area contributed by atoms with Gasteiger partial charge in [0.15, 0.2) is 0 Å². The number of carbonyl (C=O) groups is 2. The Morgan fingerprint density at radius 3 is 2.30 bits per heavy atom. The molecule has 3 rings (SSSR count). The molecule has 1 N–H and O–H groups in total. The van der Waals surface area contributed by atoms with Gasteiger partial charge in [0, 0.05) is 18.8 Å². The van der Waals surface area contributed by atoms with Crippen molar-refractivity contribution in [2.24, 2.45) is 5.92 Å². The van der Waals surface area contributed by atoms with Crippen LogP contribution in [0.3, 0.4) is 0 Å². The van der Waals surface area contributed by atoms with Crippen LogP contribution in [-0.4, -0.2) is 54.1 Å². The van der Waals surface area contributed by atoms with Gasteiger partial charge >= 0.3 is 12.1 Å². The van der Waals surface area contributed by atoms with Crippen molar-refractivity contribution in [2.75, 3.05) is 27.7 Å². The van der Waals surface area contributed by atoms with Gasteiger partial charge in [-0.2, -0.15) is 18.4 Å². The third kappa shape index (κ3) is 9.65. The third-order valence-electron chi connectivity index (χ3n) is 7.67. The van der Waals surface area contributed by atoms with Crippen LogP contribution >= 0.6 is 11.6 Å². The summed E-state index contributed by atoms with van der Waals surface area (Å²) in [6, 6.07) is 7.14. The van der Waals surface area contributed by atoms with Gasteiger partial charge in [-0.25, -0.2) is 4.98 Å².